The Labute approximate surface area is 159 Å². The molecule has 27 heavy (non-hydrogen) atoms. The van der Waals surface area contributed by atoms with Crippen LogP contribution in [0.4, 0.5) is 0 Å². The van der Waals surface area contributed by atoms with Crippen LogP contribution in [0.15, 0.2) is 53.4 Å². The molecule has 0 bridgehead atoms. The van der Waals surface area contributed by atoms with E-state index in [1.165, 1.54) is 14.2 Å². The van der Waals surface area contributed by atoms with E-state index in [1.54, 1.807) is 53.4 Å². The standard InChI is InChI=1S/C20H23NO5S/c1-25-18-11-10-15(13-19(18)26-2)20(22)21-12-6-7-16(21)14-27(23,24)17-8-4-3-5-9-17/h3-5,8-11,13,16H,6-7,12,14H2,1-2H3. The number of carbonyl (C=O) groups excluding carboxylic acids is 1. The topological polar surface area (TPSA) is 72.9 Å². The lowest BCUT2D eigenvalue weighted by molar-refractivity contribution is 0.0749. The molecule has 0 spiro atoms. The monoisotopic (exact) mass is 389 g/mol. The van der Waals surface area contributed by atoms with E-state index in [4.69, 9.17) is 9.47 Å². The van der Waals surface area contributed by atoms with Gasteiger partial charge in [-0.15, -0.1) is 0 Å². The van der Waals surface area contributed by atoms with Gasteiger partial charge in [0, 0.05) is 18.2 Å². The van der Waals surface area contributed by atoms with E-state index in [2.05, 4.69) is 0 Å². The lowest BCUT2D eigenvalue weighted by atomic mass is 10.1. The molecule has 7 heteroatoms. The Kier molecular flexibility index (Phi) is 5.70. The van der Waals surface area contributed by atoms with Crippen LogP contribution < -0.4 is 9.47 Å². The number of ether oxygens (including phenoxy) is 2. The van der Waals surface area contributed by atoms with Crippen LogP contribution in [0, 0.1) is 0 Å². The average molecular weight is 389 g/mol. The second-order valence-electron chi connectivity index (χ2n) is 6.46. The summed E-state index contributed by atoms with van der Waals surface area (Å²) in [4.78, 5) is 14.9. The highest BCUT2D eigenvalue weighted by molar-refractivity contribution is 7.91. The minimum absolute atomic E-state index is 0.0734. The predicted octanol–water partition coefficient (Wildman–Crippen LogP) is 2.78. The number of rotatable bonds is 6. The quantitative estimate of drug-likeness (QED) is 0.760. The van der Waals surface area contributed by atoms with Crippen LogP contribution in [0.5, 0.6) is 11.5 Å². The smallest absolute Gasteiger partial charge is 0.254 e. The van der Waals surface area contributed by atoms with E-state index in [9.17, 15) is 13.2 Å². The molecular formula is C20H23NO5S. The van der Waals surface area contributed by atoms with Gasteiger partial charge in [0.05, 0.1) is 24.9 Å². The van der Waals surface area contributed by atoms with Crippen molar-refractivity contribution in [2.75, 3.05) is 26.5 Å². The van der Waals surface area contributed by atoms with Gasteiger partial charge in [-0.3, -0.25) is 4.79 Å². The second-order valence-corrected chi connectivity index (χ2v) is 8.49. The maximum Gasteiger partial charge on any atom is 0.254 e. The Balaban J connectivity index is 1.81. The number of sulfone groups is 1. The number of carbonyl (C=O) groups is 1. The molecule has 0 saturated carbocycles. The first-order valence-corrected chi connectivity index (χ1v) is 10.4. The van der Waals surface area contributed by atoms with Crippen molar-refractivity contribution in [2.45, 2.75) is 23.8 Å². The van der Waals surface area contributed by atoms with E-state index in [1.807, 2.05) is 0 Å². The zero-order valence-electron chi connectivity index (χ0n) is 15.4. The SMILES string of the molecule is COc1ccc(C(=O)N2CCCC2CS(=O)(=O)c2ccccc2)cc1OC. The van der Waals surface area contributed by atoms with Crippen molar-refractivity contribution in [3.8, 4) is 11.5 Å². The number of nitrogens with zero attached hydrogens (tertiary/aromatic N) is 1. The van der Waals surface area contributed by atoms with Gasteiger partial charge in [0.2, 0.25) is 0 Å². The minimum Gasteiger partial charge on any atom is -0.493 e. The third-order valence-corrected chi connectivity index (χ3v) is 6.60. The number of amides is 1. The average Bonchev–Trinajstić information content (AvgIpc) is 3.14. The van der Waals surface area contributed by atoms with E-state index < -0.39 is 9.84 Å². The van der Waals surface area contributed by atoms with Gasteiger partial charge in [-0.05, 0) is 43.2 Å². The highest BCUT2D eigenvalue weighted by Gasteiger charge is 2.33. The van der Waals surface area contributed by atoms with Gasteiger partial charge < -0.3 is 14.4 Å². The molecule has 1 fully saturated rings. The van der Waals surface area contributed by atoms with Crippen LogP contribution in [0.2, 0.25) is 0 Å². The molecule has 1 heterocycles. The molecule has 2 aromatic carbocycles. The lowest BCUT2D eigenvalue weighted by Crippen LogP contribution is -2.39. The minimum atomic E-state index is -3.45. The first-order valence-electron chi connectivity index (χ1n) is 8.77. The Morgan fingerprint density at radius 1 is 1.07 bits per heavy atom. The van der Waals surface area contributed by atoms with Gasteiger partial charge in [0.15, 0.2) is 21.3 Å². The van der Waals surface area contributed by atoms with Gasteiger partial charge in [0.1, 0.15) is 0 Å². The number of hydrogen-bond donors (Lipinski definition) is 0. The molecule has 1 aliphatic rings. The molecule has 0 aliphatic carbocycles. The summed E-state index contributed by atoms with van der Waals surface area (Å²) in [7, 11) is -0.411. The molecule has 0 aromatic heterocycles. The molecule has 6 nitrogen and oxygen atoms in total. The molecule has 2 aromatic rings. The maximum atomic E-state index is 13.0. The Hall–Kier alpha value is -2.54. The highest BCUT2D eigenvalue weighted by atomic mass is 32.2. The third-order valence-electron chi connectivity index (χ3n) is 4.78. The van der Waals surface area contributed by atoms with Crippen molar-refractivity contribution in [3.63, 3.8) is 0 Å². The molecule has 1 saturated heterocycles. The van der Waals surface area contributed by atoms with Crippen LogP contribution in [0.3, 0.4) is 0 Å². The second kappa shape index (κ2) is 8.00. The Bertz CT molecular complexity index is 911. The van der Waals surface area contributed by atoms with Gasteiger partial charge in [-0.1, -0.05) is 18.2 Å². The van der Waals surface area contributed by atoms with Crippen LogP contribution in [-0.4, -0.2) is 51.8 Å². The fourth-order valence-electron chi connectivity index (χ4n) is 3.39. The fraction of sp³-hybridized carbons (Fsp3) is 0.350. The normalized spacial score (nSPS) is 17.0. The summed E-state index contributed by atoms with van der Waals surface area (Å²) < 4.78 is 35.9. The van der Waals surface area contributed by atoms with Gasteiger partial charge in [-0.25, -0.2) is 8.42 Å². The van der Waals surface area contributed by atoms with E-state index in [-0.39, 0.29) is 22.6 Å². The van der Waals surface area contributed by atoms with Crippen molar-refractivity contribution in [1.82, 2.24) is 4.90 Å². The van der Waals surface area contributed by atoms with Crippen molar-refractivity contribution < 1.29 is 22.7 Å². The molecule has 1 atom stereocenters. The Morgan fingerprint density at radius 3 is 2.44 bits per heavy atom. The first kappa shape index (κ1) is 19.2. The number of methoxy groups -OCH3 is 2. The van der Waals surface area contributed by atoms with Gasteiger partial charge >= 0.3 is 0 Å². The largest absolute Gasteiger partial charge is 0.493 e. The van der Waals surface area contributed by atoms with Crippen LogP contribution in [-0.2, 0) is 9.84 Å². The molecular weight excluding hydrogens is 366 g/mol. The third kappa shape index (κ3) is 4.08. The summed E-state index contributed by atoms with van der Waals surface area (Å²) in [6.07, 6.45) is 1.46. The highest BCUT2D eigenvalue weighted by Crippen LogP contribution is 2.30. The number of benzene rings is 2. The summed E-state index contributed by atoms with van der Waals surface area (Å²) >= 11 is 0. The molecule has 3 rings (SSSR count). The first-order chi connectivity index (χ1) is 13.0. The molecule has 1 amide bonds. The van der Waals surface area contributed by atoms with Crippen LogP contribution in [0.25, 0.3) is 0 Å². The number of hydrogen-bond acceptors (Lipinski definition) is 5. The molecule has 0 radical (unpaired) electrons. The van der Waals surface area contributed by atoms with Gasteiger partial charge in [-0.2, -0.15) is 0 Å². The van der Waals surface area contributed by atoms with Crippen molar-refractivity contribution in [2.24, 2.45) is 0 Å². The molecule has 1 unspecified atom stereocenters. The maximum absolute atomic E-state index is 13.0. The predicted molar refractivity (Wildman–Crippen MR) is 102 cm³/mol. The van der Waals surface area contributed by atoms with E-state index in [0.29, 0.717) is 30.0 Å². The number of likely N-dealkylation sites (tertiary alicyclic amines) is 1. The summed E-state index contributed by atoms with van der Waals surface area (Å²) in [6.45, 7) is 0.544. The fourth-order valence-corrected chi connectivity index (χ4v) is 5.01. The summed E-state index contributed by atoms with van der Waals surface area (Å²) in [6, 6.07) is 13.0. The summed E-state index contributed by atoms with van der Waals surface area (Å²) in [5.41, 5.74) is 0.455. The van der Waals surface area contributed by atoms with Gasteiger partial charge in [0.25, 0.3) is 5.91 Å². The van der Waals surface area contributed by atoms with E-state index in [0.717, 1.165) is 6.42 Å². The van der Waals surface area contributed by atoms with Crippen LogP contribution in [0.1, 0.15) is 23.2 Å². The molecule has 0 N–H and O–H groups in total. The summed E-state index contributed by atoms with van der Waals surface area (Å²) in [5.74, 6) is 0.743. The van der Waals surface area contributed by atoms with Crippen molar-refractivity contribution in [3.05, 3.63) is 54.1 Å². The zero-order chi connectivity index (χ0) is 19.4. The Morgan fingerprint density at radius 2 is 1.78 bits per heavy atom. The molecule has 144 valence electrons. The zero-order valence-corrected chi connectivity index (χ0v) is 16.2. The van der Waals surface area contributed by atoms with E-state index >= 15 is 0 Å². The van der Waals surface area contributed by atoms with Crippen molar-refractivity contribution >= 4 is 15.7 Å². The van der Waals surface area contributed by atoms with Crippen LogP contribution >= 0.6 is 0 Å². The lowest BCUT2D eigenvalue weighted by Gasteiger charge is -2.25. The summed E-state index contributed by atoms with van der Waals surface area (Å²) in [5, 5.41) is 0. The molecule has 1 aliphatic heterocycles. The van der Waals surface area contributed by atoms with Crippen molar-refractivity contribution in [1.29, 1.82) is 0 Å².